The zero-order valence-electron chi connectivity index (χ0n) is 13.2. The van der Waals surface area contributed by atoms with Gasteiger partial charge < -0.3 is 20.9 Å². The first-order valence-corrected chi connectivity index (χ1v) is 7.07. The van der Waals surface area contributed by atoms with Crippen molar-refractivity contribution in [3.8, 4) is 11.8 Å². The topological polar surface area (TPSA) is 108 Å². The van der Waals surface area contributed by atoms with Gasteiger partial charge in [-0.3, -0.25) is 4.79 Å². The number of benzene rings is 1. The second-order valence-electron chi connectivity index (χ2n) is 6.21. The van der Waals surface area contributed by atoms with Crippen LogP contribution in [0.2, 0.25) is 0 Å². The minimum absolute atomic E-state index is 0.0779. The van der Waals surface area contributed by atoms with E-state index < -0.39 is 18.1 Å². The van der Waals surface area contributed by atoms with Gasteiger partial charge in [-0.2, -0.15) is 5.26 Å². The lowest BCUT2D eigenvalue weighted by Gasteiger charge is -2.29. The van der Waals surface area contributed by atoms with Crippen LogP contribution in [-0.2, 0) is 4.79 Å². The number of aliphatic hydroxyl groups excluding tert-OH is 1. The number of nitriles is 1. The van der Waals surface area contributed by atoms with Crippen LogP contribution in [0.25, 0.3) is 0 Å². The number of nitrogens with two attached hydrogens (primary N) is 1. The molecule has 1 rings (SSSR count). The number of nitrogens with one attached hydrogen (secondary N) is 1. The molecule has 4 N–H and O–H groups in total. The Morgan fingerprint density at radius 3 is 2.45 bits per heavy atom. The van der Waals surface area contributed by atoms with Crippen molar-refractivity contribution in [1.82, 2.24) is 5.32 Å². The molecule has 1 aromatic carbocycles. The summed E-state index contributed by atoms with van der Waals surface area (Å²) < 4.78 is 5.43. The number of aliphatic hydroxyl groups is 1. The Kier molecular flexibility index (Phi) is 6.35. The molecule has 120 valence electrons. The van der Waals surface area contributed by atoms with E-state index in [0.29, 0.717) is 11.3 Å². The highest BCUT2D eigenvalue weighted by Gasteiger charge is 2.29. The zero-order valence-corrected chi connectivity index (χ0v) is 13.2. The van der Waals surface area contributed by atoms with Crippen molar-refractivity contribution in [2.45, 2.75) is 32.9 Å². The fourth-order valence-electron chi connectivity index (χ4n) is 1.96. The van der Waals surface area contributed by atoms with Crippen molar-refractivity contribution in [3.63, 3.8) is 0 Å². The van der Waals surface area contributed by atoms with E-state index in [1.807, 2.05) is 26.8 Å². The Morgan fingerprint density at radius 1 is 1.41 bits per heavy atom. The van der Waals surface area contributed by atoms with E-state index in [0.717, 1.165) is 0 Å². The molecule has 0 saturated heterocycles. The summed E-state index contributed by atoms with van der Waals surface area (Å²) in [7, 11) is 0. The van der Waals surface area contributed by atoms with E-state index in [1.54, 1.807) is 24.3 Å². The third-order valence-corrected chi connectivity index (χ3v) is 3.13. The summed E-state index contributed by atoms with van der Waals surface area (Å²) in [6.45, 7) is 5.97. The number of nitrogens with zero attached hydrogens (tertiary/aromatic N) is 1. The monoisotopic (exact) mass is 305 g/mol. The largest absolute Gasteiger partial charge is 0.491 e. The molecule has 1 unspecified atom stereocenters. The molecular formula is C16H23N3O3. The molecule has 0 fully saturated rings. The van der Waals surface area contributed by atoms with Crippen LogP contribution in [0.3, 0.4) is 0 Å². The number of primary amides is 1. The Bertz CT molecular complexity index is 529. The van der Waals surface area contributed by atoms with Gasteiger partial charge in [0.1, 0.15) is 18.5 Å². The molecule has 1 aromatic rings. The van der Waals surface area contributed by atoms with E-state index in [1.165, 1.54) is 0 Å². The lowest BCUT2D eigenvalue weighted by atomic mass is 9.86. The average molecular weight is 305 g/mol. The maximum absolute atomic E-state index is 11.4. The van der Waals surface area contributed by atoms with E-state index in [9.17, 15) is 9.90 Å². The summed E-state index contributed by atoms with van der Waals surface area (Å²) in [5.74, 6) is 0.119. The average Bonchev–Trinajstić information content (AvgIpc) is 2.44. The fraction of sp³-hybridized carbons (Fsp3) is 0.500. The van der Waals surface area contributed by atoms with Crippen LogP contribution in [0.4, 0.5) is 0 Å². The maximum Gasteiger partial charge on any atom is 0.235 e. The molecule has 2 atom stereocenters. The standard InChI is InChI=1S/C16H23N3O3/c1-16(2,3)14(15(18)21)19-9-12(20)10-22-13-6-4-11(8-17)5-7-13/h4-7,12,14,19-20H,9-10H2,1-3H3,(H2,18,21)/t12?,14-/m1/s1. The van der Waals surface area contributed by atoms with Gasteiger partial charge in [0.25, 0.3) is 0 Å². The van der Waals surface area contributed by atoms with Crippen LogP contribution in [0, 0.1) is 16.7 Å². The molecular weight excluding hydrogens is 282 g/mol. The van der Waals surface area contributed by atoms with Gasteiger partial charge in [-0.05, 0) is 29.7 Å². The summed E-state index contributed by atoms with van der Waals surface area (Å²) >= 11 is 0. The molecule has 22 heavy (non-hydrogen) atoms. The number of rotatable bonds is 7. The van der Waals surface area contributed by atoms with Gasteiger partial charge in [0.15, 0.2) is 0 Å². The molecule has 0 aliphatic rings. The molecule has 0 aromatic heterocycles. The Labute approximate surface area is 130 Å². The fourth-order valence-corrected chi connectivity index (χ4v) is 1.96. The van der Waals surface area contributed by atoms with Crippen LogP contribution in [-0.4, -0.2) is 36.3 Å². The summed E-state index contributed by atoms with van der Waals surface area (Å²) in [6, 6.07) is 8.10. The first-order chi connectivity index (χ1) is 10.2. The van der Waals surface area contributed by atoms with Gasteiger partial charge in [0, 0.05) is 6.54 Å². The van der Waals surface area contributed by atoms with Crippen LogP contribution in [0.5, 0.6) is 5.75 Å². The quantitative estimate of drug-likeness (QED) is 0.690. The normalized spacial score (nSPS) is 14.0. The van der Waals surface area contributed by atoms with Crippen LogP contribution < -0.4 is 15.8 Å². The molecule has 0 radical (unpaired) electrons. The molecule has 0 saturated carbocycles. The van der Waals surface area contributed by atoms with Crippen LogP contribution in [0.1, 0.15) is 26.3 Å². The number of hydrogen-bond acceptors (Lipinski definition) is 5. The van der Waals surface area contributed by atoms with Gasteiger partial charge in [0.2, 0.25) is 5.91 Å². The van der Waals surface area contributed by atoms with E-state index in [2.05, 4.69) is 5.32 Å². The number of amides is 1. The molecule has 0 aliphatic carbocycles. The second-order valence-corrected chi connectivity index (χ2v) is 6.21. The summed E-state index contributed by atoms with van der Waals surface area (Å²) in [5, 5.41) is 21.6. The van der Waals surface area contributed by atoms with Crippen molar-refractivity contribution >= 4 is 5.91 Å². The summed E-state index contributed by atoms with van der Waals surface area (Å²) in [5.41, 5.74) is 5.57. The molecule has 6 nitrogen and oxygen atoms in total. The van der Waals surface area contributed by atoms with Crippen molar-refractivity contribution in [3.05, 3.63) is 29.8 Å². The highest BCUT2D eigenvalue weighted by atomic mass is 16.5. The minimum Gasteiger partial charge on any atom is -0.491 e. The van der Waals surface area contributed by atoms with E-state index in [4.69, 9.17) is 15.7 Å². The molecule has 1 amide bonds. The molecule has 0 aliphatic heterocycles. The molecule has 0 spiro atoms. The maximum atomic E-state index is 11.4. The number of ether oxygens (including phenoxy) is 1. The molecule has 0 heterocycles. The van der Waals surface area contributed by atoms with Crippen molar-refractivity contribution < 1.29 is 14.6 Å². The van der Waals surface area contributed by atoms with Gasteiger partial charge >= 0.3 is 0 Å². The van der Waals surface area contributed by atoms with Gasteiger partial charge in [-0.15, -0.1) is 0 Å². The second kappa shape index (κ2) is 7.78. The lowest BCUT2D eigenvalue weighted by molar-refractivity contribution is -0.122. The zero-order chi connectivity index (χ0) is 16.8. The smallest absolute Gasteiger partial charge is 0.235 e. The predicted octanol–water partition coefficient (Wildman–Crippen LogP) is 0.788. The molecule has 0 bridgehead atoms. The highest BCUT2D eigenvalue weighted by Crippen LogP contribution is 2.19. The highest BCUT2D eigenvalue weighted by molar-refractivity contribution is 5.80. The Balaban J connectivity index is 2.44. The third-order valence-electron chi connectivity index (χ3n) is 3.13. The third kappa shape index (κ3) is 5.72. The van der Waals surface area contributed by atoms with Crippen LogP contribution >= 0.6 is 0 Å². The minimum atomic E-state index is -0.778. The van der Waals surface area contributed by atoms with Crippen molar-refractivity contribution in [2.75, 3.05) is 13.2 Å². The SMILES string of the molecule is CC(C)(C)[C@H](NCC(O)COc1ccc(C#N)cc1)C(N)=O. The Hall–Kier alpha value is -2.10. The summed E-state index contributed by atoms with van der Waals surface area (Å²) in [4.78, 5) is 11.4. The number of carbonyl (C=O) groups excluding carboxylic acids is 1. The van der Waals surface area contributed by atoms with Crippen LogP contribution in [0.15, 0.2) is 24.3 Å². The number of hydrogen-bond donors (Lipinski definition) is 3. The number of carbonyl (C=O) groups is 1. The predicted molar refractivity (Wildman–Crippen MR) is 83.1 cm³/mol. The first-order valence-electron chi connectivity index (χ1n) is 7.07. The molecule has 6 heteroatoms. The summed E-state index contributed by atoms with van der Waals surface area (Å²) in [6.07, 6.45) is -0.778. The van der Waals surface area contributed by atoms with Crippen molar-refractivity contribution in [1.29, 1.82) is 5.26 Å². The Morgan fingerprint density at radius 2 is 2.00 bits per heavy atom. The van der Waals surface area contributed by atoms with Gasteiger partial charge in [-0.1, -0.05) is 20.8 Å². The van der Waals surface area contributed by atoms with Gasteiger partial charge in [-0.25, -0.2) is 0 Å². The lowest BCUT2D eigenvalue weighted by Crippen LogP contribution is -2.52. The van der Waals surface area contributed by atoms with E-state index >= 15 is 0 Å². The van der Waals surface area contributed by atoms with Crippen molar-refractivity contribution in [2.24, 2.45) is 11.1 Å². The first kappa shape index (κ1) is 18.0. The van der Waals surface area contributed by atoms with Gasteiger partial charge in [0.05, 0.1) is 17.7 Å². The van der Waals surface area contributed by atoms with E-state index in [-0.39, 0.29) is 18.6 Å².